The molecule has 3 rings (SSSR count). The average Bonchev–Trinajstić information content (AvgIpc) is 3.00. The topological polar surface area (TPSA) is 72.8 Å². The van der Waals surface area contributed by atoms with Crippen LogP contribution in [0.4, 0.5) is 0 Å². The molecule has 3 aromatic rings. The predicted molar refractivity (Wildman–Crippen MR) is 95.6 cm³/mol. The summed E-state index contributed by atoms with van der Waals surface area (Å²) >= 11 is 1.29. The summed E-state index contributed by atoms with van der Waals surface area (Å²) in [6.45, 7) is -0.113. The van der Waals surface area contributed by atoms with E-state index in [1.165, 1.54) is 18.4 Å². The van der Waals surface area contributed by atoms with Gasteiger partial charge in [-0.2, -0.15) is 0 Å². The van der Waals surface area contributed by atoms with Crippen LogP contribution in [0.25, 0.3) is 10.1 Å². The Balaban J connectivity index is 2.09. The molecule has 2 aromatic carbocycles. The van der Waals surface area contributed by atoms with Crippen LogP contribution in [-0.2, 0) is 9.53 Å². The lowest BCUT2D eigenvalue weighted by molar-refractivity contribution is -0.147. The maximum Gasteiger partial charge on any atom is 0.347 e. The van der Waals surface area contributed by atoms with Crippen LogP contribution < -0.4 is 4.74 Å². The van der Waals surface area contributed by atoms with Crippen molar-refractivity contribution in [2.24, 2.45) is 0 Å². The van der Waals surface area contributed by atoms with Crippen molar-refractivity contribution >= 4 is 33.2 Å². The standard InChI is InChI=1S/C19H16O5S/c1-23-11-14(19(21)22)24-17-13-9-5-6-10-15(13)25-18(17)16(20)12-7-3-2-4-8-12/h2-10,14H,11H2,1H3,(H,21,22). The molecule has 0 spiro atoms. The first-order chi connectivity index (χ1) is 12.1. The van der Waals surface area contributed by atoms with Crippen LogP contribution in [0.1, 0.15) is 15.2 Å². The Morgan fingerprint density at radius 2 is 1.76 bits per heavy atom. The maximum absolute atomic E-state index is 12.9. The minimum Gasteiger partial charge on any atom is -0.478 e. The number of fused-ring (bicyclic) bond motifs is 1. The molecule has 1 aromatic heterocycles. The van der Waals surface area contributed by atoms with Crippen LogP contribution in [0.15, 0.2) is 54.6 Å². The number of benzene rings is 2. The van der Waals surface area contributed by atoms with Crippen molar-refractivity contribution in [1.29, 1.82) is 0 Å². The van der Waals surface area contributed by atoms with E-state index in [4.69, 9.17) is 9.47 Å². The number of carboxylic acids is 1. The van der Waals surface area contributed by atoms with E-state index in [-0.39, 0.29) is 12.4 Å². The summed E-state index contributed by atoms with van der Waals surface area (Å²) in [4.78, 5) is 24.7. The molecular formula is C19H16O5S. The fourth-order valence-electron chi connectivity index (χ4n) is 2.46. The summed E-state index contributed by atoms with van der Waals surface area (Å²) in [5.74, 6) is -1.05. The highest BCUT2D eigenvalue weighted by Crippen LogP contribution is 2.39. The first-order valence-electron chi connectivity index (χ1n) is 7.61. The van der Waals surface area contributed by atoms with Gasteiger partial charge >= 0.3 is 5.97 Å². The van der Waals surface area contributed by atoms with Crippen LogP contribution in [0.5, 0.6) is 5.75 Å². The van der Waals surface area contributed by atoms with E-state index in [9.17, 15) is 14.7 Å². The molecular weight excluding hydrogens is 340 g/mol. The number of carbonyl (C=O) groups excluding carboxylic acids is 1. The van der Waals surface area contributed by atoms with Crippen molar-refractivity contribution in [2.45, 2.75) is 6.10 Å². The van der Waals surface area contributed by atoms with Gasteiger partial charge in [0, 0.05) is 22.8 Å². The van der Waals surface area contributed by atoms with Gasteiger partial charge in [0.05, 0.1) is 6.61 Å². The molecule has 0 fully saturated rings. The first kappa shape index (κ1) is 17.1. The van der Waals surface area contributed by atoms with Crippen molar-refractivity contribution in [3.63, 3.8) is 0 Å². The largest absolute Gasteiger partial charge is 0.478 e. The highest BCUT2D eigenvalue weighted by molar-refractivity contribution is 7.21. The number of methoxy groups -OCH3 is 1. The monoisotopic (exact) mass is 356 g/mol. The van der Waals surface area contributed by atoms with Crippen LogP contribution in [0.2, 0.25) is 0 Å². The number of carbonyl (C=O) groups is 2. The molecule has 0 aliphatic carbocycles. The molecule has 0 radical (unpaired) electrons. The number of aliphatic carboxylic acids is 1. The minimum atomic E-state index is -1.19. The summed E-state index contributed by atoms with van der Waals surface area (Å²) in [6, 6.07) is 16.2. The van der Waals surface area contributed by atoms with E-state index < -0.39 is 12.1 Å². The Hall–Kier alpha value is -2.70. The Kier molecular flexibility index (Phi) is 5.11. The molecule has 1 unspecified atom stereocenters. The van der Waals surface area contributed by atoms with E-state index >= 15 is 0 Å². The number of carboxylic acid groups (broad SMARTS) is 1. The van der Waals surface area contributed by atoms with Gasteiger partial charge in [-0.25, -0.2) is 4.79 Å². The summed E-state index contributed by atoms with van der Waals surface area (Å²) in [5.41, 5.74) is 0.525. The van der Waals surface area contributed by atoms with Crippen LogP contribution in [0, 0.1) is 0 Å². The van der Waals surface area contributed by atoms with Gasteiger partial charge in [-0.15, -0.1) is 11.3 Å². The smallest absolute Gasteiger partial charge is 0.347 e. The third-order valence-electron chi connectivity index (χ3n) is 3.65. The van der Waals surface area contributed by atoms with Gasteiger partial charge in [-0.1, -0.05) is 42.5 Å². The lowest BCUT2D eigenvalue weighted by Crippen LogP contribution is -2.32. The molecule has 0 amide bonds. The molecule has 6 heteroatoms. The van der Waals surface area contributed by atoms with Crippen molar-refractivity contribution in [1.82, 2.24) is 0 Å². The van der Waals surface area contributed by atoms with Crippen molar-refractivity contribution in [2.75, 3.05) is 13.7 Å². The molecule has 0 saturated carbocycles. The van der Waals surface area contributed by atoms with Gasteiger partial charge in [0.1, 0.15) is 4.88 Å². The molecule has 25 heavy (non-hydrogen) atoms. The zero-order chi connectivity index (χ0) is 17.8. The van der Waals surface area contributed by atoms with Crippen molar-refractivity contribution in [3.05, 3.63) is 65.0 Å². The van der Waals surface area contributed by atoms with E-state index in [2.05, 4.69) is 0 Å². The maximum atomic E-state index is 12.9. The highest BCUT2D eigenvalue weighted by Gasteiger charge is 2.26. The Labute approximate surface area is 148 Å². The van der Waals surface area contributed by atoms with E-state index in [1.54, 1.807) is 24.3 Å². The SMILES string of the molecule is COCC(Oc1c(C(=O)c2ccccc2)sc2ccccc12)C(=O)O. The quantitative estimate of drug-likeness (QED) is 0.655. The number of ether oxygens (including phenoxy) is 2. The average molecular weight is 356 g/mol. The number of hydrogen-bond acceptors (Lipinski definition) is 5. The van der Waals surface area contributed by atoms with Gasteiger partial charge in [-0.05, 0) is 12.1 Å². The Morgan fingerprint density at radius 1 is 1.08 bits per heavy atom. The minimum absolute atomic E-state index is 0.113. The highest BCUT2D eigenvalue weighted by atomic mass is 32.1. The molecule has 128 valence electrons. The summed E-state index contributed by atoms with van der Waals surface area (Å²) < 4.78 is 11.5. The number of ketones is 1. The van der Waals surface area contributed by atoms with Gasteiger partial charge in [0.25, 0.3) is 0 Å². The third kappa shape index (κ3) is 3.55. The van der Waals surface area contributed by atoms with E-state index in [1.807, 2.05) is 30.3 Å². The summed E-state index contributed by atoms with van der Waals surface area (Å²) in [7, 11) is 1.40. The van der Waals surface area contributed by atoms with Crippen molar-refractivity contribution < 1.29 is 24.2 Å². The first-order valence-corrected chi connectivity index (χ1v) is 8.43. The lowest BCUT2D eigenvalue weighted by Gasteiger charge is -2.15. The molecule has 5 nitrogen and oxygen atoms in total. The second-order valence-electron chi connectivity index (χ2n) is 5.35. The van der Waals surface area contributed by atoms with E-state index in [0.29, 0.717) is 21.6 Å². The normalized spacial score (nSPS) is 12.0. The van der Waals surface area contributed by atoms with Gasteiger partial charge in [-0.3, -0.25) is 4.79 Å². The Bertz CT molecular complexity index is 901. The predicted octanol–water partition coefficient (Wildman–Crippen LogP) is 3.61. The molecule has 0 aliphatic rings. The van der Waals surface area contributed by atoms with Crippen LogP contribution in [-0.4, -0.2) is 36.7 Å². The molecule has 0 saturated heterocycles. The molecule has 1 N–H and O–H groups in total. The Morgan fingerprint density at radius 3 is 2.44 bits per heavy atom. The summed E-state index contributed by atoms with van der Waals surface area (Å²) in [6.07, 6.45) is -1.19. The number of hydrogen-bond donors (Lipinski definition) is 1. The van der Waals surface area contributed by atoms with Gasteiger partial charge < -0.3 is 14.6 Å². The molecule has 0 bridgehead atoms. The van der Waals surface area contributed by atoms with Crippen molar-refractivity contribution in [3.8, 4) is 5.75 Å². The number of thiophene rings is 1. The molecule has 0 aliphatic heterocycles. The fourth-order valence-corrected chi connectivity index (χ4v) is 3.56. The second kappa shape index (κ2) is 7.46. The number of rotatable bonds is 7. The molecule has 1 atom stereocenters. The zero-order valence-electron chi connectivity index (χ0n) is 13.5. The zero-order valence-corrected chi connectivity index (χ0v) is 14.3. The lowest BCUT2D eigenvalue weighted by atomic mass is 10.1. The summed E-state index contributed by atoms with van der Waals surface area (Å²) in [5, 5.41) is 10.1. The van der Waals surface area contributed by atoms with Crippen LogP contribution in [0.3, 0.4) is 0 Å². The second-order valence-corrected chi connectivity index (χ2v) is 6.40. The third-order valence-corrected chi connectivity index (χ3v) is 4.80. The fraction of sp³-hybridized carbons (Fsp3) is 0.158. The molecule has 1 heterocycles. The van der Waals surface area contributed by atoms with Gasteiger partial charge in [0.2, 0.25) is 11.9 Å². The van der Waals surface area contributed by atoms with Gasteiger partial charge in [0.15, 0.2) is 5.75 Å². The van der Waals surface area contributed by atoms with E-state index in [0.717, 1.165) is 4.70 Å². The van der Waals surface area contributed by atoms with Crippen LogP contribution >= 0.6 is 11.3 Å².